The number of nitrogens with zero attached hydrogens (tertiary/aromatic N) is 1. The number of hydrogen-bond donors (Lipinski definition) is 2. The highest BCUT2D eigenvalue weighted by Gasteiger charge is 2.28. The molecule has 0 aliphatic carbocycles. The fraction of sp³-hybridized carbons (Fsp3) is 0.222. The van der Waals surface area contributed by atoms with Gasteiger partial charge >= 0.3 is 6.09 Å². The van der Waals surface area contributed by atoms with Gasteiger partial charge in [-0.15, -0.1) is 0 Å². The summed E-state index contributed by atoms with van der Waals surface area (Å²) in [5, 5.41) is 9.70. The molecule has 2 aromatic rings. The molecule has 1 amide bonds. The van der Waals surface area contributed by atoms with E-state index in [9.17, 15) is 9.59 Å². The van der Waals surface area contributed by atoms with Crippen LogP contribution in [0.25, 0.3) is 0 Å². The Morgan fingerprint density at radius 3 is 2.13 bits per heavy atom. The first-order valence-electron chi connectivity index (χ1n) is 7.48. The smallest absolute Gasteiger partial charge is 0.422 e. The van der Waals surface area contributed by atoms with Crippen LogP contribution in [0.3, 0.4) is 0 Å². The molecule has 2 aromatic carbocycles. The van der Waals surface area contributed by atoms with E-state index in [1.807, 2.05) is 36.4 Å². The Kier molecular flexibility index (Phi) is 5.88. The number of rotatable bonds is 7. The van der Waals surface area contributed by atoms with Gasteiger partial charge in [0.25, 0.3) is 0 Å². The van der Waals surface area contributed by atoms with Gasteiger partial charge in [-0.05, 0) is 24.0 Å². The quantitative estimate of drug-likeness (QED) is 0.467. The molecule has 0 spiro atoms. The molecule has 120 valence electrons. The summed E-state index contributed by atoms with van der Waals surface area (Å²) in [6.07, 6.45) is 0.371. The van der Waals surface area contributed by atoms with Crippen molar-refractivity contribution in [1.29, 1.82) is 0 Å². The first-order valence-corrected chi connectivity index (χ1v) is 7.48. The van der Waals surface area contributed by atoms with Crippen molar-refractivity contribution in [1.82, 2.24) is 5.01 Å². The number of carbonyl (C=O) groups excluding carboxylic acids is 1. The Bertz CT molecular complexity index is 644. The van der Waals surface area contributed by atoms with E-state index in [1.165, 1.54) is 0 Å². The van der Waals surface area contributed by atoms with Gasteiger partial charge in [0.15, 0.2) is 5.78 Å². The van der Waals surface area contributed by atoms with E-state index in [-0.39, 0.29) is 12.2 Å². The second kappa shape index (κ2) is 8.10. The van der Waals surface area contributed by atoms with Crippen LogP contribution in [0.2, 0.25) is 0 Å². The average molecular weight is 312 g/mol. The predicted molar refractivity (Wildman–Crippen MR) is 87.6 cm³/mol. The molecule has 0 radical (unpaired) electrons. The van der Waals surface area contributed by atoms with Crippen molar-refractivity contribution in [3.05, 3.63) is 71.8 Å². The van der Waals surface area contributed by atoms with Gasteiger partial charge in [0.2, 0.25) is 0 Å². The van der Waals surface area contributed by atoms with E-state index in [4.69, 9.17) is 10.9 Å². The number of hydrazine groups is 1. The lowest BCUT2D eigenvalue weighted by Crippen LogP contribution is -2.43. The van der Waals surface area contributed by atoms with Crippen LogP contribution in [0.4, 0.5) is 4.79 Å². The van der Waals surface area contributed by atoms with Crippen LogP contribution in [-0.2, 0) is 11.2 Å². The number of hydrogen-bond acceptors (Lipinski definition) is 3. The average Bonchev–Trinajstić information content (AvgIpc) is 2.57. The Balaban J connectivity index is 2.03. The molecule has 0 heterocycles. The predicted octanol–water partition coefficient (Wildman–Crippen LogP) is 3.17. The lowest BCUT2D eigenvalue weighted by atomic mass is 9.97. The minimum absolute atomic E-state index is 0.197. The third kappa shape index (κ3) is 4.66. The first kappa shape index (κ1) is 16.7. The van der Waals surface area contributed by atoms with Crippen molar-refractivity contribution >= 4 is 11.9 Å². The van der Waals surface area contributed by atoms with Gasteiger partial charge in [-0.1, -0.05) is 60.7 Å². The number of amides is 1. The molecule has 1 unspecified atom stereocenters. The van der Waals surface area contributed by atoms with Gasteiger partial charge in [0, 0.05) is 6.42 Å². The normalized spacial score (nSPS) is 11.7. The number of ketones is 1. The van der Waals surface area contributed by atoms with Crippen LogP contribution in [0.1, 0.15) is 30.0 Å². The van der Waals surface area contributed by atoms with Crippen LogP contribution in [-0.4, -0.2) is 22.0 Å². The molecule has 5 nitrogen and oxygen atoms in total. The van der Waals surface area contributed by atoms with E-state index < -0.39 is 12.1 Å². The molecule has 0 aliphatic heterocycles. The molecule has 3 N–H and O–H groups in total. The molecule has 0 aliphatic rings. The summed E-state index contributed by atoms with van der Waals surface area (Å²) in [4.78, 5) is 23.7. The molecule has 5 heteroatoms. The maximum atomic E-state index is 12.5. The SMILES string of the molecule is NN(C(=O)O)C(C(=O)CCCc1ccccc1)c1ccccc1. The third-order valence-electron chi connectivity index (χ3n) is 3.65. The number of carbonyl (C=O) groups is 2. The van der Waals surface area contributed by atoms with Crippen molar-refractivity contribution in [2.24, 2.45) is 5.84 Å². The highest BCUT2D eigenvalue weighted by Crippen LogP contribution is 2.22. The van der Waals surface area contributed by atoms with Gasteiger partial charge in [-0.25, -0.2) is 15.6 Å². The standard InChI is InChI=1S/C18H20N2O3/c19-20(18(22)23)17(15-11-5-2-6-12-15)16(21)13-7-10-14-8-3-1-4-9-14/h1-6,8-9,11-12,17H,7,10,13,19H2,(H,22,23). The molecule has 23 heavy (non-hydrogen) atoms. The van der Waals surface area contributed by atoms with Crippen molar-refractivity contribution in [2.45, 2.75) is 25.3 Å². The summed E-state index contributed by atoms with van der Waals surface area (Å²) in [6.45, 7) is 0. The summed E-state index contributed by atoms with van der Waals surface area (Å²) in [7, 11) is 0. The third-order valence-corrected chi connectivity index (χ3v) is 3.65. The maximum absolute atomic E-state index is 12.5. The van der Waals surface area contributed by atoms with Gasteiger partial charge < -0.3 is 5.11 Å². The maximum Gasteiger partial charge on any atom is 0.422 e. The lowest BCUT2D eigenvalue weighted by Gasteiger charge is -2.24. The largest absolute Gasteiger partial charge is 0.464 e. The molecule has 0 saturated heterocycles. The topological polar surface area (TPSA) is 83.6 Å². The Labute approximate surface area is 135 Å². The van der Waals surface area contributed by atoms with Crippen molar-refractivity contribution < 1.29 is 14.7 Å². The zero-order valence-corrected chi connectivity index (χ0v) is 12.8. The van der Waals surface area contributed by atoms with Crippen LogP contribution in [0.5, 0.6) is 0 Å². The molecule has 0 bridgehead atoms. The van der Waals surface area contributed by atoms with E-state index in [0.29, 0.717) is 17.0 Å². The van der Waals surface area contributed by atoms with Crippen molar-refractivity contribution in [2.75, 3.05) is 0 Å². The summed E-state index contributed by atoms with van der Waals surface area (Å²) >= 11 is 0. The van der Waals surface area contributed by atoms with Crippen LogP contribution in [0, 0.1) is 0 Å². The van der Waals surface area contributed by atoms with Crippen molar-refractivity contribution in [3.63, 3.8) is 0 Å². The van der Waals surface area contributed by atoms with Gasteiger partial charge in [-0.3, -0.25) is 4.79 Å². The van der Waals surface area contributed by atoms with Crippen LogP contribution in [0.15, 0.2) is 60.7 Å². The number of carboxylic acid groups (broad SMARTS) is 1. The number of Topliss-reactive ketones (excluding diaryl/α,β-unsaturated/α-hetero) is 1. The monoisotopic (exact) mass is 312 g/mol. The van der Waals surface area contributed by atoms with E-state index in [1.54, 1.807) is 24.3 Å². The summed E-state index contributed by atoms with van der Waals surface area (Å²) in [5.41, 5.74) is 1.74. The highest BCUT2D eigenvalue weighted by atomic mass is 16.4. The number of nitrogens with two attached hydrogens (primary N) is 1. The Morgan fingerprint density at radius 1 is 1.00 bits per heavy atom. The highest BCUT2D eigenvalue weighted by molar-refractivity contribution is 5.88. The fourth-order valence-corrected chi connectivity index (χ4v) is 2.50. The lowest BCUT2D eigenvalue weighted by molar-refractivity contribution is -0.124. The van der Waals surface area contributed by atoms with Crippen LogP contribution < -0.4 is 5.84 Å². The second-order valence-corrected chi connectivity index (χ2v) is 5.31. The van der Waals surface area contributed by atoms with Gasteiger partial charge in [0.1, 0.15) is 6.04 Å². The second-order valence-electron chi connectivity index (χ2n) is 5.31. The van der Waals surface area contributed by atoms with E-state index in [2.05, 4.69) is 0 Å². The van der Waals surface area contributed by atoms with Gasteiger partial charge in [0.05, 0.1) is 0 Å². The number of benzene rings is 2. The molecular weight excluding hydrogens is 292 g/mol. The number of aryl methyl sites for hydroxylation is 1. The molecule has 1 atom stereocenters. The molecule has 0 fully saturated rings. The van der Waals surface area contributed by atoms with E-state index in [0.717, 1.165) is 12.0 Å². The minimum Gasteiger partial charge on any atom is -0.464 e. The molecule has 0 aromatic heterocycles. The zero-order chi connectivity index (χ0) is 16.7. The Morgan fingerprint density at radius 2 is 1.57 bits per heavy atom. The minimum atomic E-state index is -1.32. The summed E-state index contributed by atoms with van der Waals surface area (Å²) in [5.74, 6) is 5.39. The molecule has 0 saturated carbocycles. The molecular formula is C18H20N2O3. The first-order chi connectivity index (χ1) is 11.1. The van der Waals surface area contributed by atoms with Gasteiger partial charge in [-0.2, -0.15) is 0 Å². The zero-order valence-electron chi connectivity index (χ0n) is 12.8. The van der Waals surface area contributed by atoms with Crippen LogP contribution >= 0.6 is 0 Å². The van der Waals surface area contributed by atoms with Crippen molar-refractivity contribution in [3.8, 4) is 0 Å². The summed E-state index contributed by atoms with van der Waals surface area (Å²) in [6, 6.07) is 17.6. The summed E-state index contributed by atoms with van der Waals surface area (Å²) < 4.78 is 0. The fourth-order valence-electron chi connectivity index (χ4n) is 2.50. The van der Waals surface area contributed by atoms with E-state index >= 15 is 0 Å². The Hall–Kier alpha value is -2.66. The molecule has 2 rings (SSSR count).